The minimum absolute atomic E-state index is 0.00223. The zero-order valence-electron chi connectivity index (χ0n) is 9.48. The van der Waals surface area contributed by atoms with E-state index in [1.165, 1.54) is 6.07 Å². The van der Waals surface area contributed by atoms with Crippen molar-refractivity contribution in [2.45, 2.75) is 9.79 Å². The zero-order chi connectivity index (χ0) is 15.3. The van der Waals surface area contributed by atoms with Crippen molar-refractivity contribution >= 4 is 46.9 Å². The number of halogens is 1. The van der Waals surface area contributed by atoms with Gasteiger partial charge < -0.3 is 5.11 Å². The van der Waals surface area contributed by atoms with Gasteiger partial charge in [0.25, 0.3) is 20.2 Å². The third kappa shape index (κ3) is 2.79. The summed E-state index contributed by atoms with van der Waals surface area (Å²) in [5, 5.41) is 9.90. The third-order valence-corrected chi connectivity index (χ3v) is 5.18. The molecule has 0 aromatic heterocycles. The first-order valence-electron chi connectivity index (χ1n) is 4.91. The van der Waals surface area contributed by atoms with E-state index in [1.54, 1.807) is 0 Å². The lowest BCUT2D eigenvalue weighted by molar-refractivity contribution is 0.471. The van der Waals surface area contributed by atoms with Gasteiger partial charge in [0.2, 0.25) is 0 Å². The van der Waals surface area contributed by atoms with Crippen molar-refractivity contribution in [3.63, 3.8) is 0 Å². The molecule has 0 amide bonds. The van der Waals surface area contributed by atoms with E-state index in [9.17, 15) is 21.9 Å². The van der Waals surface area contributed by atoms with Crippen LogP contribution in [0.4, 0.5) is 0 Å². The molecule has 20 heavy (non-hydrogen) atoms. The molecule has 7 nitrogen and oxygen atoms in total. The molecule has 0 spiro atoms. The van der Waals surface area contributed by atoms with Gasteiger partial charge in [-0.2, -0.15) is 16.8 Å². The maximum atomic E-state index is 11.2. The summed E-state index contributed by atoms with van der Waals surface area (Å²) in [4.78, 5) is -1.08. The van der Waals surface area contributed by atoms with Crippen LogP contribution in [0.15, 0.2) is 38.5 Å². The average Bonchev–Trinajstić information content (AvgIpc) is 2.26. The number of hydrogen-bond acceptors (Lipinski definition) is 5. The maximum absolute atomic E-state index is 11.2. The van der Waals surface area contributed by atoms with Crippen molar-refractivity contribution in [2.24, 2.45) is 0 Å². The molecule has 0 saturated carbocycles. The van der Waals surface area contributed by atoms with E-state index in [1.807, 2.05) is 0 Å². The fourth-order valence-electron chi connectivity index (χ4n) is 1.66. The summed E-state index contributed by atoms with van der Waals surface area (Å²) in [6, 6.07) is 3.99. The van der Waals surface area contributed by atoms with Gasteiger partial charge in [-0.15, -0.1) is 0 Å². The Bertz CT molecular complexity index is 916. The summed E-state index contributed by atoms with van der Waals surface area (Å²) in [5.74, 6) is -0.460. The molecule has 2 aromatic carbocycles. The van der Waals surface area contributed by atoms with Gasteiger partial charge in [-0.05, 0) is 39.5 Å². The highest BCUT2D eigenvalue weighted by molar-refractivity contribution is 9.10. The molecule has 0 saturated heterocycles. The van der Waals surface area contributed by atoms with Gasteiger partial charge in [0.15, 0.2) is 0 Å². The number of fused-ring (bicyclic) bond motifs is 1. The lowest BCUT2D eigenvalue weighted by Gasteiger charge is -2.07. The highest BCUT2D eigenvalue weighted by atomic mass is 79.9. The smallest absolute Gasteiger partial charge is 0.295 e. The highest BCUT2D eigenvalue weighted by Gasteiger charge is 2.19. The number of phenols is 1. The Morgan fingerprint density at radius 3 is 2.00 bits per heavy atom. The van der Waals surface area contributed by atoms with Gasteiger partial charge >= 0.3 is 0 Å². The van der Waals surface area contributed by atoms with Crippen LogP contribution < -0.4 is 0 Å². The molecular formula is C10H7BrO7S2. The third-order valence-electron chi connectivity index (χ3n) is 2.53. The van der Waals surface area contributed by atoms with E-state index in [2.05, 4.69) is 15.9 Å². The van der Waals surface area contributed by atoms with Crippen molar-refractivity contribution in [3.05, 3.63) is 28.7 Å². The Morgan fingerprint density at radius 1 is 0.900 bits per heavy atom. The Kier molecular flexibility index (Phi) is 3.55. The molecule has 2 aromatic rings. The monoisotopic (exact) mass is 382 g/mol. The van der Waals surface area contributed by atoms with Gasteiger partial charge in [0.05, 0.1) is 4.90 Å². The molecular weight excluding hydrogens is 376 g/mol. The molecule has 0 unspecified atom stereocenters. The zero-order valence-corrected chi connectivity index (χ0v) is 12.7. The van der Waals surface area contributed by atoms with E-state index in [-0.39, 0.29) is 15.2 Å². The molecule has 0 atom stereocenters. The second-order valence-corrected chi connectivity index (χ2v) is 7.56. The Morgan fingerprint density at radius 2 is 1.50 bits per heavy atom. The Labute approximate surface area is 122 Å². The average molecular weight is 383 g/mol. The number of phenolic OH excluding ortho intramolecular Hbond substituents is 1. The minimum Gasteiger partial charge on any atom is -0.507 e. The highest BCUT2D eigenvalue weighted by Crippen LogP contribution is 2.34. The molecule has 3 N–H and O–H groups in total. The molecule has 0 fully saturated rings. The quantitative estimate of drug-likeness (QED) is 0.675. The van der Waals surface area contributed by atoms with Crippen LogP contribution in [0, 0.1) is 0 Å². The van der Waals surface area contributed by atoms with Crippen LogP contribution >= 0.6 is 15.9 Å². The Balaban J connectivity index is 2.93. The summed E-state index contributed by atoms with van der Waals surface area (Å²) in [7, 11) is -9.09. The van der Waals surface area contributed by atoms with E-state index in [0.29, 0.717) is 0 Å². The Hall–Kier alpha value is -1.20. The second kappa shape index (κ2) is 4.67. The maximum Gasteiger partial charge on any atom is 0.295 e. The van der Waals surface area contributed by atoms with Gasteiger partial charge in [0.1, 0.15) is 10.6 Å². The van der Waals surface area contributed by atoms with Crippen LogP contribution in [0.25, 0.3) is 10.8 Å². The fraction of sp³-hybridized carbons (Fsp3) is 0. The molecule has 2 rings (SSSR count). The molecule has 108 valence electrons. The number of benzene rings is 2. The van der Waals surface area contributed by atoms with Crippen molar-refractivity contribution in [2.75, 3.05) is 0 Å². The lowest BCUT2D eigenvalue weighted by Crippen LogP contribution is -2.01. The number of aromatic hydroxyl groups is 1. The van der Waals surface area contributed by atoms with Crippen LogP contribution in [-0.4, -0.2) is 31.0 Å². The summed E-state index contributed by atoms with van der Waals surface area (Å²) in [6.45, 7) is 0. The first-order valence-corrected chi connectivity index (χ1v) is 8.59. The van der Waals surface area contributed by atoms with Crippen LogP contribution in [0.5, 0.6) is 5.75 Å². The SMILES string of the molecule is O=S(=O)(O)c1cc(O)c2cc(Br)c(S(=O)(=O)O)cc2c1. The molecule has 0 aliphatic heterocycles. The predicted octanol–water partition coefficient (Wildman–Crippen LogP) is 1.80. The molecule has 0 radical (unpaired) electrons. The fourth-order valence-corrected chi connectivity index (χ4v) is 3.74. The largest absolute Gasteiger partial charge is 0.507 e. The first kappa shape index (κ1) is 15.2. The van der Waals surface area contributed by atoms with Gasteiger partial charge in [-0.25, -0.2) is 0 Å². The number of rotatable bonds is 2. The van der Waals surface area contributed by atoms with Crippen molar-refractivity contribution in [3.8, 4) is 5.75 Å². The summed E-state index contributed by atoms with van der Waals surface area (Å²) in [6.07, 6.45) is 0. The standard InChI is InChI=1S/C10H7BrO7S2/c11-8-4-7-5(2-10(8)20(16,17)18)1-6(3-9(7)12)19(13,14)15/h1-4,12H,(H,13,14,15)(H,16,17,18). The van der Waals surface area contributed by atoms with Crippen molar-refractivity contribution in [1.82, 2.24) is 0 Å². The van der Waals surface area contributed by atoms with Gasteiger partial charge in [-0.1, -0.05) is 0 Å². The van der Waals surface area contributed by atoms with Crippen LogP contribution in [-0.2, 0) is 20.2 Å². The predicted molar refractivity (Wildman–Crippen MR) is 72.9 cm³/mol. The second-order valence-electron chi connectivity index (χ2n) is 3.90. The van der Waals surface area contributed by atoms with Gasteiger partial charge in [-0.3, -0.25) is 9.11 Å². The van der Waals surface area contributed by atoms with E-state index >= 15 is 0 Å². The van der Waals surface area contributed by atoms with E-state index < -0.39 is 35.8 Å². The van der Waals surface area contributed by atoms with E-state index in [4.69, 9.17) is 9.11 Å². The van der Waals surface area contributed by atoms with Crippen LogP contribution in [0.1, 0.15) is 0 Å². The van der Waals surface area contributed by atoms with Crippen molar-refractivity contribution in [1.29, 1.82) is 0 Å². The first-order chi connectivity index (χ1) is 9.00. The van der Waals surface area contributed by atoms with Crippen LogP contribution in [0.2, 0.25) is 0 Å². The summed E-state index contributed by atoms with van der Waals surface area (Å²) in [5.41, 5.74) is 0. The van der Waals surface area contributed by atoms with Gasteiger partial charge in [0, 0.05) is 15.9 Å². The molecule has 0 aliphatic rings. The summed E-state index contributed by atoms with van der Waals surface area (Å²) < 4.78 is 62.4. The number of hydrogen-bond donors (Lipinski definition) is 3. The van der Waals surface area contributed by atoms with Crippen LogP contribution in [0.3, 0.4) is 0 Å². The molecule has 0 bridgehead atoms. The molecule has 0 heterocycles. The van der Waals surface area contributed by atoms with Crippen molar-refractivity contribution < 1.29 is 31.0 Å². The lowest BCUT2D eigenvalue weighted by atomic mass is 10.1. The normalized spacial score (nSPS) is 12.8. The molecule has 0 aliphatic carbocycles. The molecule has 10 heteroatoms. The topological polar surface area (TPSA) is 129 Å². The van der Waals surface area contributed by atoms with E-state index in [0.717, 1.165) is 18.2 Å². The summed E-state index contributed by atoms with van der Waals surface area (Å²) >= 11 is 2.93. The minimum atomic E-state index is -4.56.